The van der Waals surface area contributed by atoms with Crippen molar-refractivity contribution >= 4 is 43.6 Å². The molecule has 0 radical (unpaired) electrons. The highest BCUT2D eigenvalue weighted by molar-refractivity contribution is 6.26. The maximum absolute atomic E-state index is 8.84. The summed E-state index contributed by atoms with van der Waals surface area (Å²) in [6.45, 7) is 0. The van der Waals surface area contributed by atoms with E-state index < -0.39 is 18.1 Å². The average molecular weight is 645 g/mol. The molecule has 0 aliphatic rings. The van der Waals surface area contributed by atoms with Crippen molar-refractivity contribution in [2.24, 2.45) is 0 Å². The van der Waals surface area contributed by atoms with E-state index in [1.54, 1.807) is 0 Å². The Bertz CT molecular complexity index is 3130. The Morgan fingerprint density at radius 3 is 1.78 bits per heavy atom. The van der Waals surface area contributed by atoms with E-state index in [1.807, 2.05) is 65.2 Å². The summed E-state index contributed by atoms with van der Waals surface area (Å²) in [5.41, 5.74) is 7.60. The van der Waals surface area contributed by atoms with E-state index in [-0.39, 0.29) is 29.4 Å². The highest BCUT2D eigenvalue weighted by Gasteiger charge is 2.23. The Morgan fingerprint density at radius 2 is 1.02 bits per heavy atom. The molecule has 5 nitrogen and oxygen atoms in total. The SMILES string of the molecule is [2H]c1c([2H])c([2H])c(-c2nc(-c3ccccc3)nc(-n3c4ccccc4c4ccc5c(c6ccccc6n5-c5ccccc5-c5ccccc5)c43)n2)c([2H])c1[2H]. The largest absolute Gasteiger partial charge is 0.309 e. The minimum absolute atomic E-state index is 0.0156. The third kappa shape index (κ3) is 4.37. The molecule has 0 saturated heterocycles. The lowest BCUT2D eigenvalue weighted by Crippen LogP contribution is -2.06. The fraction of sp³-hybridized carbons (Fsp3) is 0. The van der Waals surface area contributed by atoms with E-state index in [4.69, 9.17) is 21.8 Å². The third-order valence-electron chi connectivity index (χ3n) is 9.28. The molecule has 0 fully saturated rings. The van der Waals surface area contributed by atoms with Gasteiger partial charge in [0.05, 0.1) is 34.6 Å². The van der Waals surface area contributed by atoms with Crippen molar-refractivity contribution in [3.05, 3.63) is 176 Å². The Hall–Kier alpha value is -6.85. The molecule has 3 heterocycles. The lowest BCUT2D eigenvalue weighted by molar-refractivity contribution is 0.955. The molecule has 0 aliphatic heterocycles. The number of hydrogen-bond donors (Lipinski definition) is 0. The van der Waals surface area contributed by atoms with Gasteiger partial charge in [-0.25, -0.2) is 4.98 Å². The standard InChI is InChI=1S/C45H29N5/c1-4-16-30(17-5-1)33-22-10-13-25-37(33)49-39-27-15-12-24-36(39)41-40(49)29-28-35-34-23-11-14-26-38(34)50(42(35)41)45-47-43(31-18-6-2-7-19-31)46-44(48-45)32-20-8-3-9-21-32/h1-29H/i2D,6D,7D,18D,19D. The van der Waals surface area contributed by atoms with Crippen LogP contribution >= 0.6 is 0 Å². The van der Waals surface area contributed by atoms with Gasteiger partial charge >= 0.3 is 0 Å². The summed E-state index contributed by atoms with van der Waals surface area (Å²) < 4.78 is 47.1. The van der Waals surface area contributed by atoms with Gasteiger partial charge in [-0.3, -0.25) is 4.57 Å². The average Bonchev–Trinajstić information content (AvgIpc) is 3.76. The number of hydrogen-bond acceptors (Lipinski definition) is 3. The van der Waals surface area contributed by atoms with Crippen molar-refractivity contribution in [1.29, 1.82) is 0 Å². The quantitative estimate of drug-likeness (QED) is 0.187. The molecule has 0 spiro atoms. The van der Waals surface area contributed by atoms with Crippen LogP contribution in [0.15, 0.2) is 176 Å². The first kappa shape index (κ1) is 23.5. The summed E-state index contributed by atoms with van der Waals surface area (Å²) >= 11 is 0. The van der Waals surface area contributed by atoms with E-state index in [1.165, 1.54) is 0 Å². The lowest BCUT2D eigenvalue weighted by atomic mass is 10.0. The van der Waals surface area contributed by atoms with Crippen LogP contribution in [0.5, 0.6) is 0 Å². The molecule has 10 rings (SSSR count). The summed E-state index contributed by atoms with van der Waals surface area (Å²) in [6.07, 6.45) is 0. The zero-order chi connectivity index (χ0) is 37.4. The summed E-state index contributed by atoms with van der Waals surface area (Å²) in [7, 11) is 0. The third-order valence-corrected chi connectivity index (χ3v) is 9.28. The van der Waals surface area contributed by atoms with Crippen LogP contribution in [0.25, 0.3) is 89.2 Å². The first-order valence-electron chi connectivity index (χ1n) is 18.9. The predicted molar refractivity (Wildman–Crippen MR) is 205 cm³/mol. The summed E-state index contributed by atoms with van der Waals surface area (Å²) in [5.74, 6) is 0.554. The van der Waals surface area contributed by atoms with E-state index in [9.17, 15) is 0 Å². The molecule has 3 aromatic heterocycles. The monoisotopic (exact) mass is 644 g/mol. The molecule has 10 aromatic rings. The topological polar surface area (TPSA) is 48.5 Å². The second-order valence-corrected chi connectivity index (χ2v) is 12.1. The van der Waals surface area contributed by atoms with Gasteiger partial charge in [0.2, 0.25) is 5.95 Å². The van der Waals surface area contributed by atoms with E-state index in [0.29, 0.717) is 11.4 Å². The van der Waals surface area contributed by atoms with Gasteiger partial charge in [0.25, 0.3) is 0 Å². The Kier molecular flexibility index (Phi) is 5.35. The van der Waals surface area contributed by atoms with Crippen molar-refractivity contribution in [2.75, 3.05) is 0 Å². The number of nitrogens with zero attached hydrogens (tertiary/aromatic N) is 5. The van der Waals surface area contributed by atoms with Gasteiger partial charge in [0.15, 0.2) is 11.6 Å². The van der Waals surface area contributed by atoms with Crippen LogP contribution in [0.2, 0.25) is 0 Å². The van der Waals surface area contributed by atoms with Crippen molar-refractivity contribution in [3.63, 3.8) is 0 Å². The molecular formula is C45H29N5. The van der Waals surface area contributed by atoms with Gasteiger partial charge in [-0.1, -0.05) is 152 Å². The zero-order valence-electron chi connectivity index (χ0n) is 31.6. The fourth-order valence-corrected chi connectivity index (χ4v) is 7.16. The van der Waals surface area contributed by atoms with Gasteiger partial charge in [-0.15, -0.1) is 0 Å². The molecule has 234 valence electrons. The minimum Gasteiger partial charge on any atom is -0.309 e. The number of aromatic nitrogens is 5. The molecule has 0 N–H and O–H groups in total. The maximum atomic E-state index is 8.84. The molecule has 0 unspecified atom stereocenters. The van der Waals surface area contributed by atoms with Gasteiger partial charge in [-0.2, -0.15) is 9.97 Å². The molecule has 0 saturated carbocycles. The zero-order valence-corrected chi connectivity index (χ0v) is 26.6. The van der Waals surface area contributed by atoms with E-state index in [2.05, 4.69) is 89.5 Å². The molecular weight excluding hydrogens is 611 g/mol. The molecule has 7 aromatic carbocycles. The van der Waals surface area contributed by atoms with Gasteiger partial charge in [0, 0.05) is 38.2 Å². The van der Waals surface area contributed by atoms with Gasteiger partial charge in [0.1, 0.15) is 0 Å². The molecule has 0 atom stereocenters. The Morgan fingerprint density at radius 1 is 0.420 bits per heavy atom. The fourth-order valence-electron chi connectivity index (χ4n) is 7.16. The summed E-state index contributed by atoms with van der Waals surface area (Å²) in [4.78, 5) is 14.8. The Labute approximate surface area is 295 Å². The maximum Gasteiger partial charge on any atom is 0.238 e. The number of benzene rings is 7. The molecule has 5 heteroatoms. The first-order chi connectivity index (χ1) is 26.9. The van der Waals surface area contributed by atoms with Gasteiger partial charge < -0.3 is 4.57 Å². The van der Waals surface area contributed by atoms with Crippen LogP contribution in [0, 0.1) is 0 Å². The molecule has 50 heavy (non-hydrogen) atoms. The molecule has 0 bridgehead atoms. The van der Waals surface area contributed by atoms with Crippen molar-refractivity contribution in [2.45, 2.75) is 0 Å². The molecule has 0 aliphatic carbocycles. The first-order valence-corrected chi connectivity index (χ1v) is 16.4. The van der Waals surface area contributed by atoms with Crippen LogP contribution in [0.1, 0.15) is 6.85 Å². The molecule has 0 amide bonds. The summed E-state index contributed by atoms with van der Waals surface area (Å²) in [5, 5.41) is 4.02. The normalized spacial score (nSPS) is 13.0. The van der Waals surface area contributed by atoms with Crippen LogP contribution < -0.4 is 0 Å². The van der Waals surface area contributed by atoms with E-state index in [0.717, 1.165) is 60.4 Å². The van der Waals surface area contributed by atoms with Crippen molar-refractivity contribution < 1.29 is 6.85 Å². The minimum atomic E-state index is -0.480. The number of fused-ring (bicyclic) bond motifs is 7. The van der Waals surface area contributed by atoms with Crippen LogP contribution in [-0.2, 0) is 0 Å². The van der Waals surface area contributed by atoms with Crippen LogP contribution in [0.3, 0.4) is 0 Å². The van der Waals surface area contributed by atoms with Crippen molar-refractivity contribution in [1.82, 2.24) is 24.1 Å². The summed E-state index contributed by atoms with van der Waals surface area (Å²) in [6, 6.07) is 46.9. The lowest BCUT2D eigenvalue weighted by Gasteiger charge is -2.14. The van der Waals surface area contributed by atoms with Crippen LogP contribution in [-0.4, -0.2) is 24.1 Å². The van der Waals surface area contributed by atoms with E-state index >= 15 is 0 Å². The number of para-hydroxylation sites is 3. The second kappa shape index (κ2) is 11.4. The van der Waals surface area contributed by atoms with Crippen molar-refractivity contribution in [3.8, 4) is 45.5 Å². The smallest absolute Gasteiger partial charge is 0.238 e. The van der Waals surface area contributed by atoms with Gasteiger partial charge in [-0.05, 0) is 29.8 Å². The Balaban J connectivity index is 1.36. The highest BCUT2D eigenvalue weighted by atomic mass is 15.2. The second-order valence-electron chi connectivity index (χ2n) is 12.1. The predicted octanol–water partition coefficient (Wildman–Crippen LogP) is 11.1. The number of rotatable bonds is 5. The van der Waals surface area contributed by atoms with Crippen LogP contribution in [0.4, 0.5) is 0 Å². The highest BCUT2D eigenvalue weighted by Crippen LogP contribution is 2.43.